The highest BCUT2D eigenvalue weighted by Gasteiger charge is 2.40. The number of nitrogens with one attached hydrogen (secondary N) is 1. The molecule has 11 nitrogen and oxygen atoms in total. The Morgan fingerprint density at radius 1 is 1.05 bits per heavy atom. The normalized spacial score (nSPS) is 18.2. The second-order valence-electron chi connectivity index (χ2n) is 10.3. The third-order valence-corrected chi connectivity index (χ3v) is 9.75. The highest BCUT2D eigenvalue weighted by molar-refractivity contribution is 7.99. The van der Waals surface area contributed by atoms with E-state index in [1.165, 1.54) is 24.3 Å². The number of benzene rings is 2. The van der Waals surface area contributed by atoms with Crippen LogP contribution in [0.15, 0.2) is 53.4 Å². The van der Waals surface area contributed by atoms with Gasteiger partial charge in [-0.05, 0) is 68.7 Å². The fraction of sp³-hybridized carbons (Fsp3) is 0.448. The largest absolute Gasteiger partial charge is 0.461 e. The lowest BCUT2D eigenvalue weighted by molar-refractivity contribution is -0.151. The molecule has 2 aromatic carbocycles. The number of rotatable bonds is 9. The summed E-state index contributed by atoms with van der Waals surface area (Å²) in [4.78, 5) is 40.5. The Hall–Kier alpha value is -3.60. The zero-order valence-corrected chi connectivity index (χ0v) is 25.2. The van der Waals surface area contributed by atoms with Gasteiger partial charge in [-0.25, -0.2) is 18.0 Å². The number of hydrogen-bond donors (Lipinski definition) is 1. The molecule has 2 amide bonds. The molecule has 2 atom stereocenters. The van der Waals surface area contributed by atoms with Crippen LogP contribution in [-0.4, -0.2) is 84.9 Å². The molecule has 1 N–H and O–H groups in total. The third-order valence-electron chi connectivity index (χ3n) is 6.89. The van der Waals surface area contributed by atoms with Crippen LogP contribution in [0.1, 0.15) is 37.8 Å². The summed E-state index contributed by atoms with van der Waals surface area (Å²) >= 11 is 1.79. The maximum Gasteiger partial charge on any atom is 0.415 e. The van der Waals surface area contributed by atoms with E-state index in [1.807, 2.05) is 6.07 Å². The van der Waals surface area contributed by atoms with Crippen LogP contribution in [0.4, 0.5) is 4.79 Å². The van der Waals surface area contributed by atoms with Crippen LogP contribution in [0, 0.1) is 11.3 Å². The van der Waals surface area contributed by atoms with E-state index in [0.29, 0.717) is 42.8 Å². The highest BCUT2D eigenvalue weighted by atomic mass is 32.2. The standard InChI is InChI=1S/C29H34N4O7S2/c1-20(2)39-28(35)25(18-21-5-9-23(10-6-21)40-29(36)32-14-16-41-17-15-32)31-27(34)26-4-3-13-33(26)42(37,38)24-11-7-22(19-30)8-12-24/h5-12,20,25-26H,3-4,13-18H2,1-2H3,(H,31,34)/t25-,26-/m0/s1. The predicted octanol–water partition coefficient (Wildman–Crippen LogP) is 2.94. The second-order valence-corrected chi connectivity index (χ2v) is 13.4. The Balaban J connectivity index is 1.45. The number of carbonyl (C=O) groups is 3. The smallest absolute Gasteiger partial charge is 0.415 e. The van der Waals surface area contributed by atoms with E-state index < -0.39 is 46.2 Å². The lowest BCUT2D eigenvalue weighted by Crippen LogP contribution is -2.52. The highest BCUT2D eigenvalue weighted by Crippen LogP contribution is 2.27. The Morgan fingerprint density at radius 3 is 2.33 bits per heavy atom. The number of sulfonamides is 1. The molecule has 42 heavy (non-hydrogen) atoms. The van der Waals surface area contributed by atoms with Gasteiger partial charge in [0.2, 0.25) is 15.9 Å². The molecule has 0 saturated carbocycles. The van der Waals surface area contributed by atoms with Gasteiger partial charge in [-0.2, -0.15) is 21.3 Å². The Bertz CT molecular complexity index is 1420. The molecular weight excluding hydrogens is 580 g/mol. The average Bonchev–Trinajstić information content (AvgIpc) is 3.49. The number of nitriles is 1. The van der Waals surface area contributed by atoms with Gasteiger partial charge in [-0.3, -0.25) is 4.79 Å². The molecule has 0 aliphatic carbocycles. The van der Waals surface area contributed by atoms with E-state index in [9.17, 15) is 22.8 Å². The average molecular weight is 615 g/mol. The van der Waals surface area contributed by atoms with Gasteiger partial charge in [0.05, 0.1) is 22.6 Å². The molecule has 2 heterocycles. The molecule has 2 saturated heterocycles. The van der Waals surface area contributed by atoms with Gasteiger partial charge in [-0.1, -0.05) is 12.1 Å². The van der Waals surface area contributed by atoms with Crippen molar-refractivity contribution in [1.82, 2.24) is 14.5 Å². The van der Waals surface area contributed by atoms with Crippen molar-refractivity contribution in [3.63, 3.8) is 0 Å². The Morgan fingerprint density at radius 2 is 1.71 bits per heavy atom. The van der Waals surface area contributed by atoms with Gasteiger partial charge in [0.25, 0.3) is 0 Å². The van der Waals surface area contributed by atoms with Crippen molar-refractivity contribution in [2.45, 2.75) is 56.2 Å². The van der Waals surface area contributed by atoms with E-state index in [2.05, 4.69) is 5.32 Å². The monoisotopic (exact) mass is 614 g/mol. The summed E-state index contributed by atoms with van der Waals surface area (Å²) in [7, 11) is -4.01. The molecule has 4 rings (SSSR count). The van der Waals surface area contributed by atoms with Crippen LogP contribution in [0.2, 0.25) is 0 Å². The van der Waals surface area contributed by atoms with Crippen molar-refractivity contribution in [2.75, 3.05) is 31.1 Å². The van der Waals surface area contributed by atoms with Crippen LogP contribution in [0.25, 0.3) is 0 Å². The fourth-order valence-corrected chi connectivity index (χ4v) is 7.30. The van der Waals surface area contributed by atoms with Crippen molar-refractivity contribution < 1.29 is 32.3 Å². The van der Waals surface area contributed by atoms with Crippen LogP contribution in [0.5, 0.6) is 5.75 Å². The van der Waals surface area contributed by atoms with Crippen molar-refractivity contribution in [1.29, 1.82) is 5.26 Å². The number of esters is 1. The third kappa shape index (κ3) is 7.81. The van der Waals surface area contributed by atoms with Crippen molar-refractivity contribution in [2.24, 2.45) is 0 Å². The summed E-state index contributed by atoms with van der Waals surface area (Å²) in [6.45, 7) is 4.81. The summed E-state index contributed by atoms with van der Waals surface area (Å²) < 4.78 is 38.7. The molecule has 0 unspecified atom stereocenters. The minimum absolute atomic E-state index is 0.0167. The van der Waals surface area contributed by atoms with Gasteiger partial charge in [-0.15, -0.1) is 0 Å². The molecule has 0 spiro atoms. The van der Waals surface area contributed by atoms with E-state index in [4.69, 9.17) is 14.7 Å². The van der Waals surface area contributed by atoms with Gasteiger partial charge in [0.1, 0.15) is 17.8 Å². The first-order chi connectivity index (χ1) is 20.1. The van der Waals surface area contributed by atoms with E-state index in [1.54, 1.807) is 54.8 Å². The summed E-state index contributed by atoms with van der Waals surface area (Å²) in [5.41, 5.74) is 1.01. The molecule has 13 heteroatoms. The van der Waals surface area contributed by atoms with Gasteiger partial charge in [0.15, 0.2) is 0 Å². The maximum absolute atomic E-state index is 13.4. The van der Waals surface area contributed by atoms with Crippen LogP contribution in [0.3, 0.4) is 0 Å². The second kappa shape index (κ2) is 14.0. The summed E-state index contributed by atoms with van der Waals surface area (Å²) in [6.07, 6.45) is 0.0236. The molecule has 2 aromatic rings. The van der Waals surface area contributed by atoms with Crippen LogP contribution >= 0.6 is 11.8 Å². The van der Waals surface area contributed by atoms with E-state index in [0.717, 1.165) is 15.8 Å². The van der Waals surface area contributed by atoms with Crippen LogP contribution < -0.4 is 10.1 Å². The molecule has 2 aliphatic rings. The Kier molecular flexibility index (Phi) is 10.5. The number of ether oxygens (including phenoxy) is 2. The van der Waals surface area contributed by atoms with Gasteiger partial charge >= 0.3 is 12.1 Å². The van der Waals surface area contributed by atoms with E-state index >= 15 is 0 Å². The Labute approximate surface area is 250 Å². The zero-order chi connectivity index (χ0) is 30.3. The van der Waals surface area contributed by atoms with Gasteiger partial charge < -0.3 is 19.7 Å². The molecule has 224 valence electrons. The molecule has 2 aliphatic heterocycles. The lowest BCUT2D eigenvalue weighted by atomic mass is 10.0. The number of amides is 2. The summed E-state index contributed by atoms with van der Waals surface area (Å²) in [5, 5.41) is 11.7. The first-order valence-corrected chi connectivity index (χ1v) is 16.3. The number of carbonyl (C=O) groups excluding carboxylic acids is 3. The number of nitrogens with zero attached hydrogens (tertiary/aromatic N) is 3. The van der Waals surface area contributed by atoms with E-state index in [-0.39, 0.29) is 17.9 Å². The predicted molar refractivity (Wildman–Crippen MR) is 156 cm³/mol. The first-order valence-electron chi connectivity index (χ1n) is 13.7. The minimum atomic E-state index is -4.01. The molecular formula is C29H34N4O7S2. The fourth-order valence-electron chi connectivity index (χ4n) is 4.74. The molecule has 0 aromatic heterocycles. The number of hydrogen-bond acceptors (Lipinski definition) is 9. The van der Waals surface area contributed by atoms with Crippen LogP contribution in [-0.2, 0) is 30.8 Å². The quantitative estimate of drug-likeness (QED) is 0.421. The first kappa shape index (κ1) is 31.3. The zero-order valence-electron chi connectivity index (χ0n) is 23.5. The SMILES string of the molecule is CC(C)OC(=O)[C@H](Cc1ccc(OC(=O)N2CCSCC2)cc1)NC(=O)[C@@H]1CCCN1S(=O)(=O)c1ccc(C#N)cc1. The van der Waals surface area contributed by atoms with Crippen molar-refractivity contribution in [3.8, 4) is 11.8 Å². The van der Waals surface area contributed by atoms with Gasteiger partial charge in [0, 0.05) is 37.6 Å². The van der Waals surface area contributed by atoms with Crippen molar-refractivity contribution >= 4 is 39.8 Å². The maximum atomic E-state index is 13.4. The minimum Gasteiger partial charge on any atom is -0.461 e. The topological polar surface area (TPSA) is 146 Å². The summed E-state index contributed by atoms with van der Waals surface area (Å²) in [5.74, 6) is 0.861. The number of thioether (sulfide) groups is 1. The summed E-state index contributed by atoms with van der Waals surface area (Å²) in [6, 6.07) is 12.0. The molecule has 0 bridgehead atoms. The lowest BCUT2D eigenvalue weighted by Gasteiger charge is -2.26. The van der Waals surface area contributed by atoms with Crippen molar-refractivity contribution in [3.05, 3.63) is 59.7 Å². The molecule has 0 radical (unpaired) electrons. The molecule has 2 fully saturated rings.